The molecule has 0 saturated carbocycles. The molecule has 0 aliphatic rings. The van der Waals surface area contributed by atoms with Gasteiger partial charge in [0.25, 0.3) is 10.1 Å². The first-order chi connectivity index (χ1) is 14.3. The Morgan fingerprint density at radius 1 is 0.867 bits per heavy atom. The highest BCUT2D eigenvalue weighted by Crippen LogP contribution is 2.13. The number of carbonyl (C=O) groups excluding carboxylic acids is 2. The summed E-state index contributed by atoms with van der Waals surface area (Å²) < 4.78 is 41.6. The normalized spacial score (nSPS) is 12.3. The first-order valence-electron chi connectivity index (χ1n) is 11.2. The quantitative estimate of drug-likeness (QED) is 0.121. The molecule has 0 radical (unpaired) electrons. The summed E-state index contributed by atoms with van der Waals surface area (Å²) in [6.45, 7) is 5.77. The van der Waals surface area contributed by atoms with Gasteiger partial charge in [-0.3, -0.25) is 14.1 Å². The summed E-state index contributed by atoms with van der Waals surface area (Å²) in [5.41, 5.74) is 0. The molecule has 8 heteroatoms. The zero-order valence-corrected chi connectivity index (χ0v) is 19.3. The molecular formula is C22H40O7S. The van der Waals surface area contributed by atoms with Crippen LogP contribution in [0.3, 0.4) is 0 Å². The highest BCUT2D eigenvalue weighted by atomic mass is 32.2. The summed E-state index contributed by atoms with van der Waals surface area (Å²) in [7, 11) is -4.75. The molecule has 0 spiro atoms. The van der Waals surface area contributed by atoms with Crippen LogP contribution >= 0.6 is 0 Å². The molecular weight excluding hydrogens is 408 g/mol. The molecule has 0 aromatic rings. The molecule has 7 nitrogen and oxygen atoms in total. The fourth-order valence-electron chi connectivity index (χ4n) is 2.99. The Morgan fingerprint density at radius 3 is 1.83 bits per heavy atom. The predicted octanol–water partition coefficient (Wildman–Crippen LogP) is 5.00. The zero-order valence-electron chi connectivity index (χ0n) is 18.5. The van der Waals surface area contributed by atoms with Crippen molar-refractivity contribution in [3.8, 4) is 0 Å². The second-order valence-corrected chi connectivity index (χ2v) is 9.16. The van der Waals surface area contributed by atoms with Crippen molar-refractivity contribution < 1.29 is 32.0 Å². The second-order valence-electron chi connectivity index (χ2n) is 7.56. The third-order valence-electron chi connectivity index (χ3n) is 4.80. The lowest BCUT2D eigenvalue weighted by Gasteiger charge is -2.12. The first kappa shape index (κ1) is 28.6. The number of unbranched alkanes of at least 4 members (excludes halogenated alkanes) is 11. The van der Waals surface area contributed by atoms with E-state index in [0.717, 1.165) is 19.3 Å². The Balaban J connectivity index is 3.83. The van der Waals surface area contributed by atoms with Crippen LogP contribution in [0.15, 0.2) is 12.7 Å². The van der Waals surface area contributed by atoms with Crippen LogP contribution in [0.5, 0.6) is 0 Å². The molecule has 176 valence electrons. The molecule has 0 fully saturated rings. The van der Waals surface area contributed by atoms with Crippen molar-refractivity contribution in [1.82, 2.24) is 0 Å². The van der Waals surface area contributed by atoms with E-state index >= 15 is 0 Å². The predicted molar refractivity (Wildman–Crippen MR) is 118 cm³/mol. The fourth-order valence-corrected chi connectivity index (χ4v) is 3.64. The molecule has 0 heterocycles. The minimum atomic E-state index is -4.75. The smallest absolute Gasteiger partial charge is 0.327 e. The highest BCUT2D eigenvalue weighted by molar-refractivity contribution is 7.87. The van der Waals surface area contributed by atoms with Crippen LogP contribution in [0, 0.1) is 0 Å². The largest absolute Gasteiger partial charge is 0.466 e. The number of hydrogen-bond acceptors (Lipinski definition) is 6. The monoisotopic (exact) mass is 448 g/mol. The first-order valence-corrected chi connectivity index (χ1v) is 12.7. The van der Waals surface area contributed by atoms with Gasteiger partial charge < -0.3 is 9.47 Å². The van der Waals surface area contributed by atoms with Crippen molar-refractivity contribution in [2.24, 2.45) is 0 Å². The van der Waals surface area contributed by atoms with E-state index in [2.05, 4.69) is 13.5 Å². The minimum Gasteiger partial charge on any atom is -0.466 e. The van der Waals surface area contributed by atoms with E-state index in [0.29, 0.717) is 12.8 Å². The van der Waals surface area contributed by atoms with E-state index in [9.17, 15) is 22.6 Å². The number of esters is 2. The standard InChI is InChI=1S/C22H40O7S/c1-3-5-7-8-9-10-11-12-13-14-15-16-18-28-21(23)19-20(30(25,26)27)22(24)29-17-6-4-2/h4,20H,2-3,5-19H2,1H3,(H,25,26,27). The van der Waals surface area contributed by atoms with Crippen LogP contribution in [0.4, 0.5) is 0 Å². The van der Waals surface area contributed by atoms with Gasteiger partial charge in [0.1, 0.15) is 0 Å². The second kappa shape index (κ2) is 18.4. The molecule has 1 unspecified atom stereocenters. The van der Waals surface area contributed by atoms with Gasteiger partial charge in [-0.15, -0.1) is 6.58 Å². The molecule has 0 aromatic heterocycles. The van der Waals surface area contributed by atoms with Crippen LogP contribution in [0.2, 0.25) is 0 Å². The van der Waals surface area contributed by atoms with Crippen LogP contribution in [-0.2, 0) is 29.2 Å². The van der Waals surface area contributed by atoms with Crippen LogP contribution in [0.25, 0.3) is 0 Å². The van der Waals surface area contributed by atoms with E-state index < -0.39 is 33.7 Å². The third-order valence-corrected chi connectivity index (χ3v) is 5.88. The summed E-state index contributed by atoms with van der Waals surface area (Å²) >= 11 is 0. The molecule has 1 N–H and O–H groups in total. The average Bonchev–Trinajstić information content (AvgIpc) is 2.69. The number of carbonyl (C=O) groups is 2. The summed E-state index contributed by atoms with van der Waals surface area (Å²) in [6, 6.07) is 0. The summed E-state index contributed by atoms with van der Waals surface area (Å²) in [6.07, 6.45) is 15.3. The van der Waals surface area contributed by atoms with Crippen LogP contribution < -0.4 is 0 Å². The maximum Gasteiger partial charge on any atom is 0.327 e. The molecule has 0 amide bonds. The van der Waals surface area contributed by atoms with Gasteiger partial charge in [0.15, 0.2) is 5.25 Å². The number of rotatable bonds is 20. The Morgan fingerprint density at radius 2 is 1.37 bits per heavy atom. The van der Waals surface area contributed by atoms with Gasteiger partial charge in [-0.2, -0.15) is 8.42 Å². The third kappa shape index (κ3) is 16.4. The molecule has 0 aromatic carbocycles. The minimum absolute atomic E-state index is 0.0672. The number of hydrogen-bond donors (Lipinski definition) is 1. The van der Waals surface area contributed by atoms with Gasteiger partial charge in [-0.05, 0) is 12.8 Å². The Hall–Kier alpha value is -1.41. The van der Waals surface area contributed by atoms with Crippen molar-refractivity contribution in [1.29, 1.82) is 0 Å². The van der Waals surface area contributed by atoms with Gasteiger partial charge in [-0.25, -0.2) is 0 Å². The highest BCUT2D eigenvalue weighted by Gasteiger charge is 2.35. The molecule has 0 aliphatic heterocycles. The van der Waals surface area contributed by atoms with Gasteiger partial charge in [-0.1, -0.05) is 83.6 Å². The lowest BCUT2D eigenvalue weighted by atomic mass is 10.1. The van der Waals surface area contributed by atoms with E-state index in [1.54, 1.807) is 0 Å². The van der Waals surface area contributed by atoms with E-state index in [-0.39, 0.29) is 13.2 Å². The van der Waals surface area contributed by atoms with E-state index in [1.807, 2.05) is 0 Å². The van der Waals surface area contributed by atoms with Crippen molar-refractivity contribution >= 4 is 22.1 Å². The SMILES string of the molecule is C=CCCOC(=O)C(CC(=O)OCCCCCCCCCCCCCC)S(=O)(=O)O. The average molecular weight is 449 g/mol. The van der Waals surface area contributed by atoms with E-state index in [4.69, 9.17) is 9.47 Å². The lowest BCUT2D eigenvalue weighted by molar-refractivity contribution is -0.150. The summed E-state index contributed by atoms with van der Waals surface area (Å²) in [5, 5.41) is -1.96. The molecule has 0 saturated heterocycles. The Bertz CT molecular complexity index is 572. The number of ether oxygens (including phenoxy) is 2. The molecule has 0 aliphatic carbocycles. The fraction of sp³-hybridized carbons (Fsp3) is 0.818. The molecule has 30 heavy (non-hydrogen) atoms. The summed E-state index contributed by atoms with van der Waals surface area (Å²) in [4.78, 5) is 23.6. The Labute approximate surface area is 182 Å². The van der Waals surface area contributed by atoms with Crippen LogP contribution in [0.1, 0.15) is 96.8 Å². The Kier molecular flexibility index (Phi) is 17.5. The van der Waals surface area contributed by atoms with E-state index in [1.165, 1.54) is 57.4 Å². The summed E-state index contributed by atoms with van der Waals surface area (Å²) in [5.74, 6) is -2.01. The van der Waals surface area contributed by atoms with Crippen molar-refractivity contribution in [3.63, 3.8) is 0 Å². The molecule has 1 atom stereocenters. The van der Waals surface area contributed by atoms with Gasteiger partial charge in [0, 0.05) is 0 Å². The van der Waals surface area contributed by atoms with Crippen molar-refractivity contribution in [2.75, 3.05) is 13.2 Å². The van der Waals surface area contributed by atoms with Gasteiger partial charge in [0.05, 0.1) is 19.6 Å². The van der Waals surface area contributed by atoms with Crippen molar-refractivity contribution in [3.05, 3.63) is 12.7 Å². The maximum atomic E-state index is 11.8. The maximum absolute atomic E-state index is 11.8. The topological polar surface area (TPSA) is 107 Å². The van der Waals surface area contributed by atoms with Gasteiger partial charge >= 0.3 is 11.9 Å². The lowest BCUT2D eigenvalue weighted by Crippen LogP contribution is -2.34. The molecule has 0 rings (SSSR count). The van der Waals surface area contributed by atoms with Gasteiger partial charge in [0.2, 0.25) is 0 Å². The molecule has 0 bridgehead atoms. The van der Waals surface area contributed by atoms with Crippen molar-refractivity contribution in [2.45, 2.75) is 102 Å². The van der Waals surface area contributed by atoms with Crippen LogP contribution in [-0.4, -0.2) is 43.4 Å². The zero-order chi connectivity index (χ0) is 22.7.